The molecule has 1 atom stereocenters. The number of carbonyl (C=O) groups is 1. The number of likely N-dealkylation sites (N-methyl/N-ethyl adjacent to an activating group) is 1. The standard InChI is InChI=1S/C14H18N4O2S/c1-16(2)10-5-6-17(9-10)13-11(3-4-12(19)20)18-7-8-21-14(18)15-13/h3-4,7-8,10H,5-6,9H2,1-2H3,(H,19,20). The molecular weight excluding hydrogens is 288 g/mol. The fourth-order valence-corrected chi connectivity index (χ4v) is 3.40. The van der Waals surface area contributed by atoms with Crippen molar-refractivity contribution in [1.82, 2.24) is 14.3 Å². The third-order valence-electron chi connectivity index (χ3n) is 3.86. The average molecular weight is 306 g/mol. The van der Waals surface area contributed by atoms with Crippen LogP contribution in [0, 0.1) is 0 Å². The third-order valence-corrected chi connectivity index (χ3v) is 4.61. The van der Waals surface area contributed by atoms with Gasteiger partial charge in [0.05, 0.1) is 5.69 Å². The Kier molecular flexibility index (Phi) is 3.69. The van der Waals surface area contributed by atoms with E-state index in [0.29, 0.717) is 6.04 Å². The molecule has 1 N–H and O–H groups in total. The largest absolute Gasteiger partial charge is 0.478 e. The maximum Gasteiger partial charge on any atom is 0.328 e. The topological polar surface area (TPSA) is 61.1 Å². The van der Waals surface area contributed by atoms with Gasteiger partial charge in [-0.3, -0.25) is 4.40 Å². The molecule has 2 aromatic rings. The van der Waals surface area contributed by atoms with Crippen molar-refractivity contribution in [3.8, 4) is 0 Å². The van der Waals surface area contributed by atoms with E-state index in [0.717, 1.165) is 36.0 Å². The monoisotopic (exact) mass is 306 g/mol. The highest BCUT2D eigenvalue weighted by molar-refractivity contribution is 7.15. The number of anilines is 1. The molecular formula is C14H18N4O2S. The van der Waals surface area contributed by atoms with E-state index in [1.807, 2.05) is 16.0 Å². The molecule has 0 saturated carbocycles. The lowest BCUT2D eigenvalue weighted by Crippen LogP contribution is -2.31. The number of carboxylic acids is 1. The predicted octanol–water partition coefficient (Wildman–Crippen LogP) is 1.63. The lowest BCUT2D eigenvalue weighted by molar-refractivity contribution is -0.131. The van der Waals surface area contributed by atoms with E-state index in [-0.39, 0.29) is 0 Å². The number of rotatable bonds is 4. The van der Waals surface area contributed by atoms with Crippen LogP contribution in [0.4, 0.5) is 5.82 Å². The molecule has 0 bridgehead atoms. The first kappa shape index (κ1) is 14.1. The van der Waals surface area contributed by atoms with E-state index < -0.39 is 5.97 Å². The Labute approximate surface area is 126 Å². The van der Waals surface area contributed by atoms with Crippen LogP contribution in [0.1, 0.15) is 12.1 Å². The van der Waals surface area contributed by atoms with Crippen molar-refractivity contribution < 1.29 is 9.90 Å². The summed E-state index contributed by atoms with van der Waals surface area (Å²) in [7, 11) is 4.18. The first-order chi connectivity index (χ1) is 10.1. The molecule has 0 aliphatic carbocycles. The minimum atomic E-state index is -0.946. The van der Waals surface area contributed by atoms with Crippen molar-refractivity contribution in [3.05, 3.63) is 23.3 Å². The maximum atomic E-state index is 10.8. The number of aliphatic carboxylic acids is 1. The Morgan fingerprint density at radius 2 is 2.38 bits per heavy atom. The first-order valence-corrected chi connectivity index (χ1v) is 7.72. The second kappa shape index (κ2) is 5.50. The molecule has 1 aliphatic heterocycles. The number of hydrogen-bond donors (Lipinski definition) is 1. The molecule has 0 radical (unpaired) electrons. The first-order valence-electron chi connectivity index (χ1n) is 6.84. The Hall–Kier alpha value is -1.86. The minimum Gasteiger partial charge on any atom is -0.478 e. The Balaban J connectivity index is 1.96. The highest BCUT2D eigenvalue weighted by Crippen LogP contribution is 2.29. The molecule has 1 fully saturated rings. The summed E-state index contributed by atoms with van der Waals surface area (Å²) < 4.78 is 1.95. The van der Waals surface area contributed by atoms with Gasteiger partial charge in [-0.2, -0.15) is 0 Å². The van der Waals surface area contributed by atoms with E-state index in [2.05, 4.69) is 28.9 Å². The number of hydrogen-bond acceptors (Lipinski definition) is 5. The molecule has 7 heteroatoms. The second-order valence-corrected chi connectivity index (χ2v) is 6.27. The quantitative estimate of drug-likeness (QED) is 0.870. The molecule has 0 spiro atoms. The van der Waals surface area contributed by atoms with E-state index in [1.165, 1.54) is 6.08 Å². The van der Waals surface area contributed by atoms with Gasteiger partial charge in [0, 0.05) is 36.8 Å². The lowest BCUT2D eigenvalue weighted by atomic mass is 10.2. The van der Waals surface area contributed by atoms with Gasteiger partial charge in [0.25, 0.3) is 0 Å². The van der Waals surface area contributed by atoms with Crippen LogP contribution in [0.5, 0.6) is 0 Å². The second-order valence-electron chi connectivity index (χ2n) is 5.40. The molecule has 21 heavy (non-hydrogen) atoms. The van der Waals surface area contributed by atoms with E-state index in [4.69, 9.17) is 5.11 Å². The summed E-state index contributed by atoms with van der Waals surface area (Å²) in [4.78, 5) is 20.8. The molecule has 1 saturated heterocycles. The van der Waals surface area contributed by atoms with Crippen LogP contribution in [-0.2, 0) is 4.79 Å². The van der Waals surface area contributed by atoms with Gasteiger partial charge in [0.15, 0.2) is 10.8 Å². The molecule has 1 unspecified atom stereocenters. The van der Waals surface area contributed by atoms with Crippen molar-refractivity contribution in [3.63, 3.8) is 0 Å². The van der Waals surface area contributed by atoms with Crippen molar-refractivity contribution in [2.45, 2.75) is 12.5 Å². The Morgan fingerprint density at radius 3 is 3.05 bits per heavy atom. The van der Waals surface area contributed by atoms with E-state index >= 15 is 0 Å². The van der Waals surface area contributed by atoms with Gasteiger partial charge in [0.2, 0.25) is 0 Å². The number of nitrogens with zero attached hydrogens (tertiary/aromatic N) is 4. The van der Waals surface area contributed by atoms with Crippen molar-refractivity contribution in [2.24, 2.45) is 0 Å². The minimum absolute atomic E-state index is 0.515. The third kappa shape index (κ3) is 2.66. The zero-order chi connectivity index (χ0) is 15.0. The fourth-order valence-electron chi connectivity index (χ4n) is 2.69. The van der Waals surface area contributed by atoms with Crippen molar-refractivity contribution in [1.29, 1.82) is 0 Å². The molecule has 3 heterocycles. The number of carboxylic acid groups (broad SMARTS) is 1. The smallest absolute Gasteiger partial charge is 0.328 e. The van der Waals surface area contributed by atoms with Crippen molar-refractivity contribution in [2.75, 3.05) is 32.1 Å². The van der Waals surface area contributed by atoms with Crippen molar-refractivity contribution >= 4 is 34.2 Å². The van der Waals surface area contributed by atoms with Gasteiger partial charge in [-0.1, -0.05) is 0 Å². The summed E-state index contributed by atoms with van der Waals surface area (Å²) in [5.74, 6) is -0.0672. The predicted molar refractivity (Wildman–Crippen MR) is 84.0 cm³/mol. The number of aromatic nitrogens is 2. The summed E-state index contributed by atoms with van der Waals surface area (Å²) in [5, 5.41) is 10.8. The summed E-state index contributed by atoms with van der Waals surface area (Å²) in [6, 6.07) is 0.515. The van der Waals surface area contributed by atoms with Gasteiger partial charge < -0.3 is 14.9 Å². The zero-order valence-electron chi connectivity index (χ0n) is 12.1. The number of fused-ring (bicyclic) bond motifs is 1. The summed E-state index contributed by atoms with van der Waals surface area (Å²) in [6.07, 6.45) is 5.83. The van der Waals surface area contributed by atoms with Gasteiger partial charge in [-0.15, -0.1) is 11.3 Å². The normalized spacial score (nSPS) is 19.4. The van der Waals surface area contributed by atoms with Crippen LogP contribution in [0.25, 0.3) is 11.0 Å². The van der Waals surface area contributed by atoms with E-state index in [9.17, 15) is 4.79 Å². The molecule has 3 rings (SSSR count). The summed E-state index contributed by atoms with van der Waals surface area (Å²) >= 11 is 1.56. The van der Waals surface area contributed by atoms with E-state index in [1.54, 1.807) is 17.4 Å². The summed E-state index contributed by atoms with van der Waals surface area (Å²) in [5.41, 5.74) is 0.841. The summed E-state index contributed by atoms with van der Waals surface area (Å²) in [6.45, 7) is 1.87. The van der Waals surface area contributed by atoms with Gasteiger partial charge in [0.1, 0.15) is 0 Å². The molecule has 1 aliphatic rings. The average Bonchev–Trinajstić information content (AvgIpc) is 3.11. The lowest BCUT2D eigenvalue weighted by Gasteiger charge is -2.20. The van der Waals surface area contributed by atoms with Gasteiger partial charge >= 0.3 is 5.97 Å². The maximum absolute atomic E-state index is 10.8. The Bertz CT molecular complexity index is 688. The Morgan fingerprint density at radius 1 is 1.57 bits per heavy atom. The number of imidazole rings is 1. The van der Waals surface area contributed by atoms with Crippen LogP contribution < -0.4 is 4.90 Å². The SMILES string of the molecule is CN(C)C1CCN(c2nc3sccn3c2C=CC(=O)O)C1. The fraction of sp³-hybridized carbons (Fsp3) is 0.429. The van der Waals surface area contributed by atoms with Gasteiger partial charge in [-0.25, -0.2) is 9.78 Å². The number of thiazole rings is 1. The van der Waals surface area contributed by atoms with Crippen LogP contribution in [0.15, 0.2) is 17.7 Å². The van der Waals surface area contributed by atoms with Gasteiger partial charge in [-0.05, 0) is 26.6 Å². The van der Waals surface area contributed by atoms with Crippen LogP contribution in [0.3, 0.4) is 0 Å². The highest BCUT2D eigenvalue weighted by atomic mass is 32.1. The molecule has 6 nitrogen and oxygen atoms in total. The van der Waals surface area contributed by atoms with Crippen LogP contribution in [0.2, 0.25) is 0 Å². The highest BCUT2D eigenvalue weighted by Gasteiger charge is 2.27. The molecule has 2 aromatic heterocycles. The molecule has 112 valence electrons. The van der Waals surface area contributed by atoms with Crippen LogP contribution >= 0.6 is 11.3 Å². The molecule has 0 aromatic carbocycles. The van der Waals surface area contributed by atoms with Crippen LogP contribution in [-0.4, -0.2) is 58.6 Å². The molecule has 0 amide bonds. The zero-order valence-corrected chi connectivity index (χ0v) is 12.9.